The second-order valence-electron chi connectivity index (χ2n) is 9.15. The van der Waals surface area contributed by atoms with Crippen LogP contribution < -0.4 is 15.2 Å². The Morgan fingerprint density at radius 2 is 1.90 bits per heavy atom. The second kappa shape index (κ2) is 9.39. The van der Waals surface area contributed by atoms with Crippen molar-refractivity contribution in [1.29, 1.82) is 5.26 Å². The van der Waals surface area contributed by atoms with E-state index < -0.39 is 11.8 Å². The molecule has 6 rings (SSSR count). The highest BCUT2D eigenvalue weighted by atomic mass is 35.5. The number of hydrogen-bond acceptors (Lipinski definition) is 6. The highest BCUT2D eigenvalue weighted by Crippen LogP contribution is 2.45. The molecule has 0 spiro atoms. The fourth-order valence-electron chi connectivity index (χ4n) is 5.12. The first-order valence-electron chi connectivity index (χ1n) is 12.1. The number of halogens is 1. The van der Waals surface area contributed by atoms with Gasteiger partial charge in [-0.3, -0.25) is 4.79 Å². The van der Waals surface area contributed by atoms with E-state index in [9.17, 15) is 10.1 Å². The maximum Gasteiger partial charge on any atom is 0.298 e. The molecule has 0 amide bonds. The minimum absolute atomic E-state index is 0.0773. The number of aromatic amines is 1. The van der Waals surface area contributed by atoms with Crippen molar-refractivity contribution in [1.82, 2.24) is 14.8 Å². The number of benzene rings is 3. The molecule has 0 saturated carbocycles. The van der Waals surface area contributed by atoms with Gasteiger partial charge in [0.1, 0.15) is 23.1 Å². The maximum absolute atomic E-state index is 14.2. The van der Waals surface area contributed by atoms with Gasteiger partial charge in [-0.25, -0.2) is 0 Å². The Morgan fingerprint density at radius 3 is 2.59 bits per heavy atom. The molecule has 0 radical (unpaired) electrons. The molecule has 1 unspecified atom stereocenters. The molecule has 3 aromatic carbocycles. The topological polar surface area (TPSA) is 119 Å². The summed E-state index contributed by atoms with van der Waals surface area (Å²) in [6, 6.07) is 24.5. The molecule has 1 aliphatic rings. The van der Waals surface area contributed by atoms with Crippen LogP contribution in [0, 0.1) is 18.3 Å². The molecule has 192 valence electrons. The summed E-state index contributed by atoms with van der Waals surface area (Å²) in [5, 5.41) is 15.9. The van der Waals surface area contributed by atoms with E-state index in [4.69, 9.17) is 26.8 Å². The molecule has 5 aromatic rings. The molecule has 3 heterocycles. The largest absolute Gasteiger partial charge is 0.497 e. The van der Waals surface area contributed by atoms with Crippen molar-refractivity contribution in [2.75, 3.05) is 7.11 Å². The molecule has 8 nitrogen and oxygen atoms in total. The summed E-state index contributed by atoms with van der Waals surface area (Å²) in [5.74, 6) is -0.234. The van der Waals surface area contributed by atoms with Crippen LogP contribution in [0.15, 0.2) is 84.3 Å². The van der Waals surface area contributed by atoms with Crippen molar-refractivity contribution >= 4 is 28.4 Å². The Labute approximate surface area is 228 Å². The third kappa shape index (κ3) is 3.92. The van der Waals surface area contributed by atoms with Gasteiger partial charge in [0.05, 0.1) is 24.3 Å². The molecular weight excluding hydrogens is 514 g/mol. The van der Waals surface area contributed by atoms with E-state index in [-0.39, 0.29) is 17.3 Å². The van der Waals surface area contributed by atoms with Crippen LogP contribution in [0.3, 0.4) is 0 Å². The van der Waals surface area contributed by atoms with Gasteiger partial charge in [0.2, 0.25) is 11.8 Å². The van der Waals surface area contributed by atoms with Crippen molar-refractivity contribution in [3.63, 3.8) is 0 Å². The lowest BCUT2D eigenvalue weighted by atomic mass is 9.84. The number of rotatable bonds is 4. The smallest absolute Gasteiger partial charge is 0.298 e. The first-order chi connectivity index (χ1) is 18.9. The summed E-state index contributed by atoms with van der Waals surface area (Å²) in [5.41, 5.74) is 11.0. The van der Waals surface area contributed by atoms with Crippen LogP contribution in [-0.4, -0.2) is 27.8 Å². The van der Waals surface area contributed by atoms with E-state index >= 15 is 0 Å². The third-order valence-electron chi connectivity index (χ3n) is 6.91. The predicted octanol–water partition coefficient (Wildman–Crippen LogP) is 5.91. The number of nitrogens with one attached hydrogen (secondary N) is 1. The number of aryl methyl sites for hydroxylation is 1. The number of methoxy groups -OCH3 is 1. The SMILES string of the molecule is COc1ccc(C2C(C#N)=C(N)Oc3c2c(C)nn3C(=O)c2[nH]c3ccc(Cl)cc3c2-c2ccccc2)cc1. The quantitative estimate of drug-likeness (QED) is 0.295. The van der Waals surface area contributed by atoms with Gasteiger partial charge in [-0.1, -0.05) is 54.1 Å². The first kappa shape index (κ1) is 24.3. The van der Waals surface area contributed by atoms with Crippen LogP contribution in [0.1, 0.15) is 33.2 Å². The first-order valence-corrected chi connectivity index (χ1v) is 12.5. The van der Waals surface area contributed by atoms with Crippen molar-refractivity contribution in [2.45, 2.75) is 12.8 Å². The van der Waals surface area contributed by atoms with Gasteiger partial charge in [0.15, 0.2) is 0 Å². The van der Waals surface area contributed by atoms with Crippen LogP contribution in [0.4, 0.5) is 0 Å². The molecule has 0 fully saturated rings. The van der Waals surface area contributed by atoms with Crippen LogP contribution in [0.2, 0.25) is 5.02 Å². The zero-order chi connectivity index (χ0) is 27.3. The predicted molar refractivity (Wildman–Crippen MR) is 148 cm³/mol. The van der Waals surface area contributed by atoms with E-state index in [1.54, 1.807) is 20.1 Å². The summed E-state index contributed by atoms with van der Waals surface area (Å²) < 4.78 is 12.4. The highest BCUT2D eigenvalue weighted by Gasteiger charge is 2.38. The third-order valence-corrected chi connectivity index (χ3v) is 7.15. The monoisotopic (exact) mass is 535 g/mol. The number of hydrogen-bond donors (Lipinski definition) is 2. The molecule has 0 bridgehead atoms. The molecule has 2 aromatic heterocycles. The average molecular weight is 536 g/mol. The number of nitrogens with two attached hydrogens (primary N) is 1. The Morgan fingerprint density at radius 1 is 1.15 bits per heavy atom. The number of aromatic nitrogens is 3. The molecule has 1 aliphatic heterocycles. The Kier molecular flexibility index (Phi) is 5.86. The van der Waals surface area contributed by atoms with E-state index in [1.165, 1.54) is 4.68 Å². The summed E-state index contributed by atoms with van der Waals surface area (Å²) in [4.78, 5) is 17.4. The molecule has 0 aliphatic carbocycles. The van der Waals surface area contributed by atoms with Crippen molar-refractivity contribution in [2.24, 2.45) is 5.73 Å². The number of fused-ring (bicyclic) bond motifs is 2. The minimum Gasteiger partial charge on any atom is -0.497 e. The zero-order valence-corrected chi connectivity index (χ0v) is 21.8. The van der Waals surface area contributed by atoms with Crippen LogP contribution >= 0.6 is 11.6 Å². The van der Waals surface area contributed by atoms with Gasteiger partial charge in [0, 0.05) is 21.5 Å². The molecule has 9 heteroatoms. The Bertz CT molecular complexity index is 1830. The fraction of sp³-hybridized carbons (Fsp3) is 0.100. The van der Waals surface area contributed by atoms with Crippen molar-refractivity contribution in [3.05, 3.63) is 112 Å². The second-order valence-corrected chi connectivity index (χ2v) is 9.59. The fourth-order valence-corrected chi connectivity index (χ4v) is 5.29. The van der Waals surface area contributed by atoms with Gasteiger partial charge >= 0.3 is 0 Å². The Hall–Kier alpha value is -5.00. The lowest BCUT2D eigenvalue weighted by Crippen LogP contribution is -2.24. The van der Waals surface area contributed by atoms with Crippen LogP contribution in [0.25, 0.3) is 22.0 Å². The van der Waals surface area contributed by atoms with E-state index in [1.807, 2.05) is 66.7 Å². The average Bonchev–Trinajstić information content (AvgIpc) is 3.49. The molecule has 39 heavy (non-hydrogen) atoms. The van der Waals surface area contributed by atoms with Gasteiger partial charge in [-0.05, 0) is 48.4 Å². The standard InChI is InChI=1S/C30H22ClN5O3/c1-16-24-25(18-8-11-20(38-2)12-9-18)22(15-32)28(33)39-30(24)36(35-16)29(37)27-26(17-6-4-3-5-7-17)21-14-19(31)10-13-23(21)34-27/h3-14,25,34H,33H2,1-2H3. The number of ether oxygens (including phenoxy) is 2. The normalized spacial score (nSPS) is 14.6. The summed E-state index contributed by atoms with van der Waals surface area (Å²) in [6.07, 6.45) is 0. The highest BCUT2D eigenvalue weighted by molar-refractivity contribution is 6.31. The van der Waals surface area contributed by atoms with E-state index in [2.05, 4.69) is 16.2 Å². The maximum atomic E-state index is 14.2. The molecule has 1 atom stereocenters. The van der Waals surface area contributed by atoms with Crippen molar-refractivity contribution < 1.29 is 14.3 Å². The summed E-state index contributed by atoms with van der Waals surface area (Å²) >= 11 is 6.33. The summed E-state index contributed by atoms with van der Waals surface area (Å²) in [7, 11) is 1.58. The number of nitriles is 1. The number of carbonyl (C=O) groups excluding carboxylic acids is 1. The van der Waals surface area contributed by atoms with Gasteiger partial charge in [-0.15, -0.1) is 0 Å². The lowest BCUT2D eigenvalue weighted by molar-refractivity contribution is 0.0930. The van der Waals surface area contributed by atoms with Gasteiger partial charge in [-0.2, -0.15) is 15.0 Å². The summed E-state index contributed by atoms with van der Waals surface area (Å²) in [6.45, 7) is 1.78. The number of carbonyl (C=O) groups is 1. The zero-order valence-electron chi connectivity index (χ0n) is 21.0. The number of H-pyrrole nitrogens is 1. The minimum atomic E-state index is -0.568. The van der Waals surface area contributed by atoms with Gasteiger partial charge in [0.25, 0.3) is 5.91 Å². The van der Waals surface area contributed by atoms with Gasteiger partial charge < -0.3 is 20.2 Å². The molecule has 3 N–H and O–H groups in total. The number of nitrogens with zero attached hydrogens (tertiary/aromatic N) is 3. The van der Waals surface area contributed by atoms with Crippen molar-refractivity contribution in [3.8, 4) is 28.8 Å². The van der Waals surface area contributed by atoms with E-state index in [0.29, 0.717) is 33.3 Å². The molecule has 0 saturated heterocycles. The Balaban J connectivity index is 1.54. The lowest BCUT2D eigenvalue weighted by Gasteiger charge is -2.24. The van der Waals surface area contributed by atoms with Crippen LogP contribution in [-0.2, 0) is 0 Å². The van der Waals surface area contributed by atoms with Crippen LogP contribution in [0.5, 0.6) is 11.6 Å². The molecular formula is C30H22ClN5O3. The van der Waals surface area contributed by atoms with E-state index in [0.717, 1.165) is 22.0 Å². The number of allylic oxidation sites excluding steroid dienone is 1.